The van der Waals surface area contributed by atoms with Crippen molar-refractivity contribution < 1.29 is 14.6 Å². The maximum Gasteiger partial charge on any atom is 0.265 e. The molecule has 2 heterocycles. The average Bonchev–Trinajstić information content (AvgIpc) is 2.92. The monoisotopic (exact) mass is 329 g/mol. The normalized spacial score (nSPS) is 31.2. The van der Waals surface area contributed by atoms with Gasteiger partial charge in [0.2, 0.25) is 0 Å². The van der Waals surface area contributed by atoms with E-state index in [1.54, 1.807) is 13.2 Å². The van der Waals surface area contributed by atoms with Crippen LogP contribution in [0.5, 0.6) is 0 Å². The zero-order chi connectivity index (χ0) is 15.3. The lowest BCUT2D eigenvalue weighted by atomic mass is 9.51. The first-order valence-electron chi connectivity index (χ1n) is 7.19. The number of thiophene rings is 1. The van der Waals surface area contributed by atoms with Crippen LogP contribution in [0.4, 0.5) is 0 Å². The third-order valence-corrected chi connectivity index (χ3v) is 6.81. The van der Waals surface area contributed by atoms with Crippen molar-refractivity contribution in [1.82, 2.24) is 4.90 Å². The van der Waals surface area contributed by atoms with E-state index in [4.69, 9.17) is 16.3 Å². The van der Waals surface area contributed by atoms with Gasteiger partial charge in [0.1, 0.15) is 4.88 Å². The van der Waals surface area contributed by atoms with Crippen LogP contribution in [-0.4, -0.2) is 47.8 Å². The number of carbonyl (C=O) groups is 1. The van der Waals surface area contributed by atoms with Crippen LogP contribution >= 0.6 is 22.9 Å². The molecule has 4 nitrogen and oxygen atoms in total. The van der Waals surface area contributed by atoms with Gasteiger partial charge in [-0.05, 0) is 31.2 Å². The Balaban J connectivity index is 1.71. The van der Waals surface area contributed by atoms with Gasteiger partial charge in [-0.2, -0.15) is 0 Å². The highest BCUT2D eigenvalue weighted by molar-refractivity contribution is 7.12. The summed E-state index contributed by atoms with van der Waals surface area (Å²) in [4.78, 5) is 14.9. The van der Waals surface area contributed by atoms with Gasteiger partial charge in [-0.1, -0.05) is 11.6 Å². The molecule has 2 fully saturated rings. The van der Waals surface area contributed by atoms with Crippen molar-refractivity contribution in [3.8, 4) is 0 Å². The molecule has 1 spiro atoms. The lowest BCUT2D eigenvalue weighted by molar-refractivity contribution is -0.259. The van der Waals surface area contributed by atoms with Gasteiger partial charge in [0.05, 0.1) is 16.7 Å². The van der Waals surface area contributed by atoms with Crippen molar-refractivity contribution in [2.45, 2.75) is 37.9 Å². The molecule has 3 rings (SSSR count). The summed E-state index contributed by atoms with van der Waals surface area (Å²) < 4.78 is 5.64. The Morgan fingerprint density at radius 3 is 2.67 bits per heavy atom. The number of aliphatic hydroxyl groups excluding tert-OH is 1. The van der Waals surface area contributed by atoms with Gasteiger partial charge in [0.15, 0.2) is 0 Å². The van der Waals surface area contributed by atoms with Gasteiger partial charge in [0, 0.05) is 32.0 Å². The maximum atomic E-state index is 12.5. The molecule has 0 aromatic carbocycles. The van der Waals surface area contributed by atoms with Crippen molar-refractivity contribution in [3.63, 3.8) is 0 Å². The molecule has 0 radical (unpaired) electrons. The Bertz CT molecular complexity index is 553. The van der Waals surface area contributed by atoms with Crippen LogP contribution < -0.4 is 0 Å². The summed E-state index contributed by atoms with van der Waals surface area (Å²) in [6.45, 7) is 3.35. The zero-order valence-corrected chi connectivity index (χ0v) is 13.8. The van der Waals surface area contributed by atoms with E-state index in [-0.39, 0.29) is 23.0 Å². The zero-order valence-electron chi connectivity index (χ0n) is 12.3. The number of halogens is 1. The molecule has 1 aliphatic carbocycles. The molecule has 0 bridgehead atoms. The molecule has 0 unspecified atom stereocenters. The number of carbonyl (C=O) groups excluding carboxylic acids is 1. The van der Waals surface area contributed by atoms with Gasteiger partial charge < -0.3 is 14.7 Å². The number of nitrogens with zero attached hydrogens (tertiary/aromatic N) is 1. The molecule has 2 atom stereocenters. The van der Waals surface area contributed by atoms with E-state index in [2.05, 4.69) is 6.92 Å². The second-order valence-corrected chi connectivity index (χ2v) is 7.52. The number of hydrogen-bond donors (Lipinski definition) is 1. The van der Waals surface area contributed by atoms with Crippen LogP contribution in [0, 0.1) is 5.41 Å². The molecule has 1 N–H and O–H groups in total. The topological polar surface area (TPSA) is 49.8 Å². The summed E-state index contributed by atoms with van der Waals surface area (Å²) in [6, 6.07) is 1.75. The maximum absolute atomic E-state index is 12.5. The minimum absolute atomic E-state index is 0.00205. The molecule has 1 amide bonds. The van der Waals surface area contributed by atoms with E-state index >= 15 is 0 Å². The number of ether oxygens (including phenoxy) is 1. The summed E-state index contributed by atoms with van der Waals surface area (Å²) in [5.74, 6) is -0.00205. The van der Waals surface area contributed by atoms with Crippen LogP contribution in [0.1, 0.15) is 35.9 Å². The first-order valence-corrected chi connectivity index (χ1v) is 8.45. The Hall–Kier alpha value is -0.620. The van der Waals surface area contributed by atoms with Gasteiger partial charge >= 0.3 is 0 Å². The number of amides is 1. The Labute approximate surface area is 133 Å². The van der Waals surface area contributed by atoms with E-state index < -0.39 is 0 Å². The van der Waals surface area contributed by atoms with Crippen LogP contribution in [0.15, 0.2) is 11.4 Å². The lowest BCUT2D eigenvalue weighted by Gasteiger charge is -2.62. The number of likely N-dealkylation sites (tertiary alicyclic amines) is 1. The van der Waals surface area contributed by atoms with E-state index in [1.165, 1.54) is 11.3 Å². The summed E-state index contributed by atoms with van der Waals surface area (Å²) in [6.07, 6.45) is 1.89. The molecule has 6 heteroatoms. The van der Waals surface area contributed by atoms with E-state index in [0.29, 0.717) is 29.4 Å². The first-order chi connectivity index (χ1) is 9.93. The molecule has 1 aliphatic heterocycles. The van der Waals surface area contributed by atoms with Crippen LogP contribution in [0.25, 0.3) is 0 Å². The van der Waals surface area contributed by atoms with Gasteiger partial charge in [-0.3, -0.25) is 4.79 Å². The summed E-state index contributed by atoms with van der Waals surface area (Å²) in [7, 11) is 1.70. The molecule has 116 valence electrons. The fraction of sp³-hybridized carbons (Fsp3) is 0.667. The van der Waals surface area contributed by atoms with Crippen molar-refractivity contribution in [3.05, 3.63) is 21.3 Å². The minimum atomic E-state index is -0.329. The number of aliphatic hydroxyl groups is 1. The predicted octanol–water partition coefficient (Wildman–Crippen LogP) is 2.79. The fourth-order valence-electron chi connectivity index (χ4n) is 3.84. The highest BCUT2D eigenvalue weighted by Crippen LogP contribution is 2.58. The first kappa shape index (κ1) is 15.3. The molecule has 21 heavy (non-hydrogen) atoms. The van der Waals surface area contributed by atoms with Crippen molar-refractivity contribution >= 4 is 28.8 Å². The van der Waals surface area contributed by atoms with Crippen LogP contribution in [-0.2, 0) is 4.74 Å². The van der Waals surface area contributed by atoms with E-state index in [0.717, 1.165) is 12.8 Å². The average molecular weight is 330 g/mol. The Kier molecular flexibility index (Phi) is 3.81. The highest BCUT2D eigenvalue weighted by Gasteiger charge is 2.63. The van der Waals surface area contributed by atoms with E-state index in [9.17, 15) is 9.90 Å². The fourth-order valence-corrected chi connectivity index (χ4v) is 4.94. The standard InChI is InChI=1S/C15H20ClNO3S/c1-14(20-2)9-11(18)15(14)4-6-17(7-5-15)13(19)12-10(16)3-8-21-12/h3,8,11,18H,4-7,9H2,1-2H3/t11-,14+/m1/s1. The highest BCUT2D eigenvalue weighted by atomic mass is 35.5. The van der Waals surface area contributed by atoms with E-state index in [1.807, 2.05) is 10.3 Å². The number of piperidine rings is 1. The summed E-state index contributed by atoms with van der Waals surface area (Å²) in [5, 5.41) is 12.6. The van der Waals surface area contributed by atoms with Gasteiger partial charge in [0.25, 0.3) is 5.91 Å². The molecular weight excluding hydrogens is 310 g/mol. The van der Waals surface area contributed by atoms with Gasteiger partial charge in [-0.15, -0.1) is 11.3 Å². The van der Waals surface area contributed by atoms with Crippen LogP contribution in [0.2, 0.25) is 5.02 Å². The molecular formula is C15H20ClNO3S. The quantitative estimate of drug-likeness (QED) is 0.907. The Morgan fingerprint density at radius 1 is 1.52 bits per heavy atom. The largest absolute Gasteiger partial charge is 0.392 e. The number of rotatable bonds is 2. The molecule has 1 saturated heterocycles. The lowest BCUT2D eigenvalue weighted by Crippen LogP contribution is -2.69. The molecule has 2 aliphatic rings. The molecule has 1 saturated carbocycles. The molecule has 1 aromatic heterocycles. The van der Waals surface area contributed by atoms with Crippen molar-refractivity contribution in [2.75, 3.05) is 20.2 Å². The van der Waals surface area contributed by atoms with Crippen molar-refractivity contribution in [1.29, 1.82) is 0 Å². The second-order valence-electron chi connectivity index (χ2n) is 6.20. The molecule has 1 aromatic rings. The summed E-state index contributed by atoms with van der Waals surface area (Å²) in [5.41, 5.74) is -0.486. The Morgan fingerprint density at radius 2 is 2.19 bits per heavy atom. The predicted molar refractivity (Wildman–Crippen MR) is 82.9 cm³/mol. The third kappa shape index (κ3) is 2.13. The number of methoxy groups -OCH3 is 1. The van der Waals surface area contributed by atoms with Crippen LogP contribution in [0.3, 0.4) is 0 Å². The van der Waals surface area contributed by atoms with Crippen molar-refractivity contribution in [2.24, 2.45) is 5.41 Å². The smallest absolute Gasteiger partial charge is 0.265 e. The SMILES string of the molecule is CO[C@@]1(C)C[C@@H](O)C12CCN(C(=O)c1sccc1Cl)CC2. The third-order valence-electron chi connectivity index (χ3n) is 5.48. The second kappa shape index (κ2) is 5.23. The van der Waals surface area contributed by atoms with Gasteiger partial charge in [-0.25, -0.2) is 0 Å². The number of hydrogen-bond acceptors (Lipinski definition) is 4. The summed E-state index contributed by atoms with van der Waals surface area (Å²) >= 11 is 7.42. The minimum Gasteiger partial charge on any atom is -0.392 e.